The molecule has 0 bridgehead atoms. The molecule has 0 radical (unpaired) electrons. The second-order valence-corrected chi connectivity index (χ2v) is 25.4. The first-order valence-electron chi connectivity index (χ1n) is 23.8. The summed E-state index contributed by atoms with van der Waals surface area (Å²) in [4.78, 5) is 5.45. The fraction of sp³-hybridized carbons (Fsp3) is 0.448. The fourth-order valence-electron chi connectivity index (χ4n) is 12.8. The highest BCUT2D eigenvalue weighted by Gasteiger charge is 2.49. The first-order chi connectivity index (χ1) is 29.0. The van der Waals surface area contributed by atoms with Crippen LogP contribution in [0.5, 0.6) is 0 Å². The molecule has 0 unspecified atom stereocenters. The van der Waals surface area contributed by atoms with Crippen molar-refractivity contribution in [1.29, 1.82) is 0 Å². The van der Waals surface area contributed by atoms with Gasteiger partial charge in [-0.25, -0.2) is 0 Å². The molecule has 0 atom stereocenters. The molecule has 0 fully saturated rings. The van der Waals surface area contributed by atoms with Crippen LogP contribution in [0.1, 0.15) is 166 Å². The van der Waals surface area contributed by atoms with E-state index < -0.39 is 0 Å². The summed E-state index contributed by atoms with van der Waals surface area (Å²) in [5.41, 5.74) is 23.4. The van der Waals surface area contributed by atoms with Crippen molar-refractivity contribution in [2.75, 3.05) is 9.80 Å². The standard InChI is InChI=1S/C58H67BN2S/c1-34-27-47-50-48(28-34)61(45-32-42-39(29-35(45)2)54(5,6)23-25-57(42,11)12)46-33-43-41(56(9,10)24-26-58(43,13)14)31-44(46)59(50)52-51(37-17-15-16-18-49(37)62-52)60(47)36-19-20-38-40(30-36)55(7,8)22-21-53(38,3)4/h15-20,27-33H,21-26H2,1-14H3. The third kappa shape index (κ3) is 5.59. The van der Waals surface area contributed by atoms with E-state index in [0.29, 0.717) is 0 Å². The van der Waals surface area contributed by atoms with Gasteiger partial charge in [0.25, 0.3) is 6.71 Å². The molecule has 0 N–H and O–H groups in total. The minimum Gasteiger partial charge on any atom is -0.311 e. The van der Waals surface area contributed by atoms with Gasteiger partial charge in [0, 0.05) is 43.3 Å². The number of hydrogen-bond donors (Lipinski definition) is 0. The quantitative estimate of drug-likeness (QED) is 0.160. The summed E-state index contributed by atoms with van der Waals surface area (Å²) in [6.45, 7) is 34.6. The van der Waals surface area contributed by atoms with Gasteiger partial charge >= 0.3 is 0 Å². The molecule has 2 aliphatic heterocycles. The molecule has 5 aromatic carbocycles. The Hall–Kier alpha value is -4.28. The second-order valence-electron chi connectivity index (χ2n) is 24.3. The molecule has 6 aromatic rings. The molecule has 3 heterocycles. The molecule has 0 saturated heterocycles. The zero-order valence-corrected chi connectivity index (χ0v) is 40.9. The Morgan fingerprint density at radius 2 is 0.952 bits per heavy atom. The lowest BCUT2D eigenvalue weighted by atomic mass is 9.35. The molecule has 5 aliphatic rings. The molecular weight excluding hydrogens is 768 g/mol. The minimum atomic E-state index is 0.0848. The van der Waals surface area contributed by atoms with Crippen molar-refractivity contribution in [2.45, 2.75) is 168 Å². The monoisotopic (exact) mass is 835 g/mol. The van der Waals surface area contributed by atoms with Crippen LogP contribution in [0.3, 0.4) is 0 Å². The maximum atomic E-state index is 2.75. The lowest BCUT2D eigenvalue weighted by Crippen LogP contribution is -2.61. The van der Waals surface area contributed by atoms with Crippen LogP contribution in [0.25, 0.3) is 10.1 Å². The van der Waals surface area contributed by atoms with Crippen LogP contribution in [0, 0.1) is 13.8 Å². The van der Waals surface area contributed by atoms with E-state index in [2.05, 4.69) is 186 Å². The molecular formula is C58H67BN2S. The highest BCUT2D eigenvalue weighted by atomic mass is 32.1. The Morgan fingerprint density at radius 3 is 1.55 bits per heavy atom. The number of hydrogen-bond acceptors (Lipinski definition) is 3. The van der Waals surface area contributed by atoms with Crippen molar-refractivity contribution in [1.82, 2.24) is 0 Å². The smallest absolute Gasteiger partial charge is 0.264 e. The molecule has 0 spiro atoms. The van der Waals surface area contributed by atoms with Crippen LogP contribution in [-0.2, 0) is 32.5 Å². The van der Waals surface area contributed by atoms with Crippen molar-refractivity contribution < 1.29 is 0 Å². The number of rotatable bonds is 2. The number of anilines is 6. The lowest BCUT2D eigenvalue weighted by Gasteiger charge is -2.48. The van der Waals surface area contributed by atoms with E-state index in [1.807, 2.05) is 11.3 Å². The molecule has 62 heavy (non-hydrogen) atoms. The third-order valence-corrected chi connectivity index (χ3v) is 18.4. The van der Waals surface area contributed by atoms with Gasteiger partial charge in [-0.2, -0.15) is 0 Å². The summed E-state index contributed by atoms with van der Waals surface area (Å²) in [7, 11) is 0. The molecule has 318 valence electrons. The van der Waals surface area contributed by atoms with E-state index in [4.69, 9.17) is 0 Å². The average molecular weight is 835 g/mol. The number of nitrogens with zero attached hydrogens (tertiary/aromatic N) is 2. The van der Waals surface area contributed by atoms with E-state index in [1.54, 1.807) is 5.56 Å². The average Bonchev–Trinajstić information content (AvgIpc) is 3.59. The fourth-order valence-corrected chi connectivity index (χ4v) is 14.1. The van der Waals surface area contributed by atoms with Gasteiger partial charge in [0.05, 0.1) is 5.69 Å². The molecule has 4 heteroatoms. The molecule has 2 nitrogen and oxygen atoms in total. The molecule has 0 amide bonds. The summed E-state index contributed by atoms with van der Waals surface area (Å²) in [5, 5.41) is 1.36. The van der Waals surface area contributed by atoms with Crippen LogP contribution < -0.4 is 25.5 Å². The normalized spacial score (nSPS) is 21.4. The van der Waals surface area contributed by atoms with Crippen molar-refractivity contribution in [3.63, 3.8) is 0 Å². The van der Waals surface area contributed by atoms with E-state index in [0.717, 1.165) is 0 Å². The van der Waals surface area contributed by atoms with Gasteiger partial charge in [-0.3, -0.25) is 0 Å². The first kappa shape index (κ1) is 40.5. The Morgan fingerprint density at radius 1 is 0.468 bits per heavy atom. The Kier molecular flexibility index (Phi) is 8.30. The van der Waals surface area contributed by atoms with Gasteiger partial charge in [-0.05, 0) is 183 Å². The SMILES string of the molecule is Cc1cc2c3c(c1)N(c1ccc4c(c1)C(C)(C)CCC4(C)C)c1c(sc4ccccc14)B3c1cc3c(cc1N2c1cc2c(cc1C)C(C)(C)CCC2(C)C)C(C)(C)CCC3(C)C. The van der Waals surface area contributed by atoms with Crippen molar-refractivity contribution in [3.05, 3.63) is 123 Å². The van der Waals surface area contributed by atoms with E-state index in [9.17, 15) is 0 Å². The van der Waals surface area contributed by atoms with Crippen molar-refractivity contribution in [2.24, 2.45) is 0 Å². The van der Waals surface area contributed by atoms with Crippen molar-refractivity contribution >= 4 is 78.0 Å². The predicted octanol–water partition coefficient (Wildman–Crippen LogP) is 14.6. The molecule has 1 aromatic heterocycles. The van der Waals surface area contributed by atoms with Gasteiger partial charge < -0.3 is 9.80 Å². The van der Waals surface area contributed by atoms with Crippen LogP contribution in [-0.4, -0.2) is 6.71 Å². The zero-order chi connectivity index (χ0) is 43.8. The van der Waals surface area contributed by atoms with Gasteiger partial charge in [0.1, 0.15) is 0 Å². The number of fused-ring (bicyclic) bond motifs is 9. The minimum absolute atomic E-state index is 0.0848. The van der Waals surface area contributed by atoms with Gasteiger partial charge in [-0.15, -0.1) is 11.3 Å². The molecule has 11 rings (SSSR count). The van der Waals surface area contributed by atoms with Crippen LogP contribution in [0.15, 0.2) is 78.9 Å². The zero-order valence-electron chi connectivity index (χ0n) is 40.1. The van der Waals surface area contributed by atoms with Gasteiger partial charge in [-0.1, -0.05) is 119 Å². The Labute approximate surface area is 377 Å². The first-order valence-corrected chi connectivity index (χ1v) is 24.6. The number of aryl methyl sites for hydroxylation is 2. The predicted molar refractivity (Wildman–Crippen MR) is 271 cm³/mol. The van der Waals surface area contributed by atoms with Gasteiger partial charge in [0.15, 0.2) is 0 Å². The Bertz CT molecular complexity index is 2920. The van der Waals surface area contributed by atoms with Crippen LogP contribution >= 0.6 is 11.3 Å². The van der Waals surface area contributed by atoms with E-state index in [-0.39, 0.29) is 39.2 Å². The van der Waals surface area contributed by atoms with Crippen LogP contribution in [0.4, 0.5) is 34.1 Å². The lowest BCUT2D eigenvalue weighted by molar-refractivity contribution is 0.331. The van der Waals surface area contributed by atoms with E-state index in [1.165, 1.54) is 137 Å². The maximum absolute atomic E-state index is 2.75. The summed E-state index contributed by atoms with van der Waals surface area (Å²) < 4.78 is 2.84. The summed E-state index contributed by atoms with van der Waals surface area (Å²) in [5.74, 6) is 0. The van der Waals surface area contributed by atoms with E-state index >= 15 is 0 Å². The summed E-state index contributed by atoms with van der Waals surface area (Å²) >= 11 is 2.03. The largest absolute Gasteiger partial charge is 0.311 e. The molecule has 3 aliphatic carbocycles. The molecule has 0 saturated carbocycles. The number of benzene rings is 5. The number of thiophene rings is 1. The maximum Gasteiger partial charge on any atom is 0.264 e. The van der Waals surface area contributed by atoms with Gasteiger partial charge in [0.2, 0.25) is 0 Å². The third-order valence-electron chi connectivity index (χ3n) is 17.2. The topological polar surface area (TPSA) is 6.48 Å². The summed E-state index contributed by atoms with van der Waals surface area (Å²) in [6.07, 6.45) is 7.22. The Balaban J connectivity index is 1.26. The highest BCUT2D eigenvalue weighted by Crippen LogP contribution is 2.55. The summed E-state index contributed by atoms with van der Waals surface area (Å²) in [6, 6.07) is 32.4. The second kappa shape index (κ2) is 12.7. The van der Waals surface area contributed by atoms with Crippen LogP contribution in [0.2, 0.25) is 0 Å². The highest BCUT2D eigenvalue weighted by molar-refractivity contribution is 7.33. The van der Waals surface area contributed by atoms with Crippen molar-refractivity contribution in [3.8, 4) is 0 Å².